The third-order valence-corrected chi connectivity index (χ3v) is 3.95. The predicted molar refractivity (Wildman–Crippen MR) is 80.4 cm³/mol. The molecule has 1 rings (SSSR count). The van der Waals surface area contributed by atoms with Crippen molar-refractivity contribution in [2.75, 3.05) is 14.2 Å². The van der Waals surface area contributed by atoms with Gasteiger partial charge in [0.2, 0.25) is 11.8 Å². The van der Waals surface area contributed by atoms with Gasteiger partial charge in [0.1, 0.15) is 12.1 Å². The molecular weight excluding hydrogens is 297 g/mol. The quantitative estimate of drug-likeness (QED) is 0.789. The van der Waals surface area contributed by atoms with Gasteiger partial charge in [0.05, 0.1) is 19.6 Å². The molecule has 0 aromatic rings. The van der Waals surface area contributed by atoms with Crippen molar-refractivity contribution in [1.82, 2.24) is 0 Å². The van der Waals surface area contributed by atoms with Crippen molar-refractivity contribution < 1.29 is 22.6 Å². The Morgan fingerprint density at radius 2 is 1.59 bits per heavy atom. The molecule has 2 atom stereocenters. The number of halogens is 3. The molecule has 0 saturated carbocycles. The topological polar surface area (TPSA) is 43.2 Å². The van der Waals surface area contributed by atoms with Crippen LogP contribution < -0.4 is 0 Å². The van der Waals surface area contributed by atoms with E-state index in [4.69, 9.17) is 9.47 Å². The minimum atomic E-state index is -4.25. The highest BCUT2D eigenvalue weighted by molar-refractivity contribution is 5.94. The summed E-state index contributed by atoms with van der Waals surface area (Å²) in [7, 11) is 2.96. The largest absolute Gasteiger partial charge is 0.483 e. The summed E-state index contributed by atoms with van der Waals surface area (Å²) in [5, 5.41) is 0. The molecule has 0 unspecified atom stereocenters. The summed E-state index contributed by atoms with van der Waals surface area (Å²) in [6.07, 6.45) is -4.10. The fourth-order valence-corrected chi connectivity index (χ4v) is 2.19. The third-order valence-electron chi connectivity index (χ3n) is 3.95. The van der Waals surface area contributed by atoms with Gasteiger partial charge < -0.3 is 9.47 Å². The van der Waals surface area contributed by atoms with E-state index in [9.17, 15) is 13.2 Å². The smallest absolute Gasteiger partial charge is 0.393 e. The van der Waals surface area contributed by atoms with Crippen molar-refractivity contribution in [1.29, 1.82) is 0 Å². The molecular formula is C15H25F3N2O2. The first kappa shape index (κ1) is 18.8. The van der Waals surface area contributed by atoms with Gasteiger partial charge in [-0.1, -0.05) is 27.7 Å². The summed E-state index contributed by atoms with van der Waals surface area (Å²) < 4.78 is 49.4. The molecule has 0 fully saturated rings. The zero-order valence-corrected chi connectivity index (χ0v) is 14.0. The normalized spacial score (nSPS) is 23.2. The van der Waals surface area contributed by atoms with Crippen molar-refractivity contribution in [3.05, 3.63) is 0 Å². The van der Waals surface area contributed by atoms with E-state index in [-0.39, 0.29) is 24.8 Å². The zero-order chi connectivity index (χ0) is 17.1. The van der Waals surface area contributed by atoms with Crippen LogP contribution in [-0.2, 0) is 9.47 Å². The molecule has 22 heavy (non-hydrogen) atoms. The number of rotatable bonds is 4. The Kier molecular flexibility index (Phi) is 5.87. The lowest BCUT2D eigenvalue weighted by Crippen LogP contribution is -2.39. The Hall–Kier alpha value is -1.27. The van der Waals surface area contributed by atoms with Crippen molar-refractivity contribution in [3.63, 3.8) is 0 Å². The van der Waals surface area contributed by atoms with Gasteiger partial charge >= 0.3 is 6.18 Å². The lowest BCUT2D eigenvalue weighted by Gasteiger charge is -2.31. The molecule has 1 heterocycles. The average Bonchev–Trinajstić information content (AvgIpc) is 2.42. The van der Waals surface area contributed by atoms with E-state index in [2.05, 4.69) is 9.98 Å². The fourth-order valence-electron chi connectivity index (χ4n) is 2.19. The minimum absolute atomic E-state index is 0.0591. The second kappa shape index (κ2) is 6.87. The summed E-state index contributed by atoms with van der Waals surface area (Å²) in [5.74, 6) is 0.986. The Labute approximate surface area is 129 Å². The van der Waals surface area contributed by atoms with E-state index >= 15 is 0 Å². The van der Waals surface area contributed by atoms with Gasteiger partial charge in [-0.15, -0.1) is 0 Å². The third kappa shape index (κ3) is 4.14. The number of aliphatic imine (C=N–C) groups is 2. The average molecular weight is 322 g/mol. The van der Waals surface area contributed by atoms with Gasteiger partial charge in [-0.2, -0.15) is 13.2 Å². The number of hydrogen-bond acceptors (Lipinski definition) is 4. The lowest BCUT2D eigenvalue weighted by molar-refractivity contribution is -0.214. The maximum Gasteiger partial charge on any atom is 0.393 e. The van der Waals surface area contributed by atoms with Gasteiger partial charge in [-0.3, -0.25) is 0 Å². The van der Waals surface area contributed by atoms with Crippen LogP contribution in [0.3, 0.4) is 0 Å². The molecule has 1 aliphatic rings. The molecule has 0 aromatic heterocycles. The Morgan fingerprint density at radius 1 is 1.05 bits per heavy atom. The molecule has 0 bridgehead atoms. The molecule has 0 aliphatic carbocycles. The maximum atomic E-state index is 13.0. The van der Waals surface area contributed by atoms with Crippen LogP contribution in [0.5, 0.6) is 0 Å². The molecule has 0 saturated heterocycles. The van der Waals surface area contributed by atoms with E-state index in [1.807, 2.05) is 13.8 Å². The van der Waals surface area contributed by atoms with Gasteiger partial charge in [0, 0.05) is 0 Å². The first-order valence-electron chi connectivity index (χ1n) is 7.33. The maximum absolute atomic E-state index is 13.0. The van der Waals surface area contributed by atoms with Gasteiger partial charge in [-0.25, -0.2) is 9.98 Å². The monoisotopic (exact) mass is 322 g/mol. The van der Waals surface area contributed by atoms with Gasteiger partial charge in [-0.05, 0) is 18.8 Å². The summed E-state index contributed by atoms with van der Waals surface area (Å²) >= 11 is 0. The van der Waals surface area contributed by atoms with Crippen LogP contribution in [0.25, 0.3) is 0 Å². The molecule has 128 valence electrons. The molecule has 0 N–H and O–H groups in total. The van der Waals surface area contributed by atoms with E-state index in [0.717, 1.165) is 0 Å². The van der Waals surface area contributed by atoms with Crippen molar-refractivity contribution in [2.45, 2.75) is 58.8 Å². The van der Waals surface area contributed by atoms with Crippen LogP contribution >= 0.6 is 0 Å². The van der Waals surface area contributed by atoms with Crippen LogP contribution in [0, 0.1) is 11.3 Å². The molecule has 7 heteroatoms. The van der Waals surface area contributed by atoms with Crippen LogP contribution in [0.2, 0.25) is 0 Å². The summed E-state index contributed by atoms with van der Waals surface area (Å²) in [6, 6.07) is -0.789. The molecule has 0 amide bonds. The summed E-state index contributed by atoms with van der Waals surface area (Å²) in [4.78, 5) is 8.87. The summed E-state index contributed by atoms with van der Waals surface area (Å²) in [5.41, 5.74) is -1.77. The molecule has 0 aromatic carbocycles. The second-order valence-corrected chi connectivity index (χ2v) is 6.47. The molecule has 4 nitrogen and oxygen atoms in total. The van der Waals surface area contributed by atoms with E-state index in [1.165, 1.54) is 28.1 Å². The Morgan fingerprint density at radius 3 is 2.00 bits per heavy atom. The highest BCUT2D eigenvalue weighted by atomic mass is 19.4. The number of methoxy groups -OCH3 is 2. The number of nitrogens with zero attached hydrogens (tertiary/aromatic N) is 2. The first-order valence-corrected chi connectivity index (χ1v) is 7.33. The van der Waals surface area contributed by atoms with Crippen LogP contribution in [0.4, 0.5) is 13.2 Å². The highest BCUT2D eigenvalue weighted by Gasteiger charge is 2.47. The standard InChI is InChI=1S/C15H25F3N2O2/c1-9(2)11-13(22-6)19-10(12(20-11)21-5)7-8-14(3,4)15(16,17)18/h9-11H,7-8H2,1-6H3/t10-,11+/m0/s1. The zero-order valence-electron chi connectivity index (χ0n) is 14.0. The number of ether oxygens (including phenoxy) is 2. The van der Waals surface area contributed by atoms with Crippen molar-refractivity contribution in [2.24, 2.45) is 21.3 Å². The number of hydrogen-bond donors (Lipinski definition) is 0. The Balaban J connectivity index is 2.90. The van der Waals surface area contributed by atoms with Crippen LogP contribution in [-0.4, -0.2) is 44.3 Å². The fraction of sp³-hybridized carbons (Fsp3) is 0.867. The molecule has 0 radical (unpaired) electrons. The molecule has 0 spiro atoms. The van der Waals surface area contributed by atoms with Gasteiger partial charge in [0.15, 0.2) is 0 Å². The second-order valence-electron chi connectivity index (χ2n) is 6.47. The van der Waals surface area contributed by atoms with E-state index < -0.39 is 17.6 Å². The number of alkyl halides is 3. The van der Waals surface area contributed by atoms with Crippen molar-refractivity contribution >= 4 is 11.8 Å². The molecule has 1 aliphatic heterocycles. The first-order chi connectivity index (χ1) is 10.0. The van der Waals surface area contributed by atoms with Gasteiger partial charge in [0.25, 0.3) is 0 Å². The summed E-state index contributed by atoms with van der Waals surface area (Å²) in [6.45, 7) is 6.33. The van der Waals surface area contributed by atoms with Crippen LogP contribution in [0.15, 0.2) is 9.98 Å². The lowest BCUT2D eigenvalue weighted by atomic mass is 9.85. The predicted octanol–water partition coefficient (Wildman–Crippen LogP) is 3.85. The minimum Gasteiger partial charge on any atom is -0.483 e. The van der Waals surface area contributed by atoms with E-state index in [0.29, 0.717) is 11.8 Å². The van der Waals surface area contributed by atoms with E-state index in [1.54, 1.807) is 0 Å². The van der Waals surface area contributed by atoms with Crippen LogP contribution in [0.1, 0.15) is 40.5 Å². The Bertz CT molecular complexity index is 443. The van der Waals surface area contributed by atoms with Crippen molar-refractivity contribution in [3.8, 4) is 0 Å². The highest BCUT2D eigenvalue weighted by Crippen LogP contribution is 2.41. The SMILES string of the molecule is COC1=N[C@H](C(C)C)C(OC)=N[C@H]1CCC(C)(C)C(F)(F)F.